The maximum Gasteiger partial charge on any atom is 0.317 e. The summed E-state index contributed by atoms with van der Waals surface area (Å²) in [6.07, 6.45) is -0.586. The molecule has 0 radical (unpaired) electrons. The van der Waals surface area contributed by atoms with Crippen LogP contribution in [-0.2, 0) is 12.0 Å². The van der Waals surface area contributed by atoms with Crippen LogP contribution in [0.2, 0.25) is 5.15 Å². The third kappa shape index (κ3) is 4.77. The van der Waals surface area contributed by atoms with E-state index in [1.807, 2.05) is 19.9 Å². The number of carbonyl (C=O) groups is 2. The van der Waals surface area contributed by atoms with Gasteiger partial charge in [0.1, 0.15) is 5.75 Å². The number of rotatable bonds is 8. The fraction of sp³-hybridized carbons (Fsp3) is 0.458. The van der Waals surface area contributed by atoms with E-state index in [-0.39, 0.29) is 35.2 Å². The van der Waals surface area contributed by atoms with Crippen molar-refractivity contribution in [2.24, 2.45) is 0 Å². The molecule has 0 spiro atoms. The fourth-order valence-corrected chi connectivity index (χ4v) is 4.39. The molecule has 1 saturated heterocycles. The van der Waals surface area contributed by atoms with Crippen LogP contribution in [0.15, 0.2) is 24.3 Å². The lowest BCUT2D eigenvalue weighted by atomic mass is 9.86. The molecular weight excluding hydrogens is 446 g/mol. The number of benzene rings is 1. The topological polar surface area (TPSA) is 101 Å². The van der Waals surface area contributed by atoms with E-state index in [1.165, 1.54) is 7.11 Å². The molecule has 1 fully saturated rings. The normalized spacial score (nSPS) is 17.4. The standard InChI is InChI=1S/C24H28ClN3O5/c1-24(2)13-33-21-16(24)11-17(27-22(21)25)19(30)7-6-18(29)14-4-5-15(20(10-14)32-3)12-28-9-8-26-23(28)31/h4-5,10-11,19,30H,6-9,12-13H2,1-3H3,(H,26,31). The van der Waals surface area contributed by atoms with Crippen molar-refractivity contribution >= 4 is 23.4 Å². The van der Waals surface area contributed by atoms with E-state index < -0.39 is 6.10 Å². The third-order valence-corrected chi connectivity index (χ3v) is 6.42. The molecule has 2 amide bonds. The molecule has 176 valence electrons. The van der Waals surface area contributed by atoms with Crippen LogP contribution in [0.5, 0.6) is 11.5 Å². The van der Waals surface area contributed by atoms with Gasteiger partial charge in [0.2, 0.25) is 0 Å². The number of fused-ring (bicyclic) bond motifs is 1. The Morgan fingerprint density at radius 1 is 1.39 bits per heavy atom. The van der Waals surface area contributed by atoms with E-state index in [1.54, 1.807) is 23.1 Å². The molecule has 2 aliphatic rings. The number of nitrogens with zero attached hydrogens (tertiary/aromatic N) is 2. The Bertz CT molecular complexity index is 1090. The van der Waals surface area contributed by atoms with Crippen molar-refractivity contribution in [3.8, 4) is 11.5 Å². The first kappa shape index (κ1) is 23.3. The second kappa shape index (κ2) is 9.19. The minimum Gasteiger partial charge on any atom is -0.496 e. The third-order valence-electron chi connectivity index (χ3n) is 6.16. The van der Waals surface area contributed by atoms with Gasteiger partial charge in [0, 0.05) is 41.6 Å². The van der Waals surface area contributed by atoms with Crippen LogP contribution in [0.1, 0.15) is 60.0 Å². The minimum absolute atomic E-state index is 0.110. The molecule has 1 aromatic carbocycles. The van der Waals surface area contributed by atoms with Gasteiger partial charge >= 0.3 is 6.03 Å². The number of pyridine rings is 1. The van der Waals surface area contributed by atoms with Crippen LogP contribution in [0, 0.1) is 0 Å². The average Bonchev–Trinajstić information content (AvgIpc) is 3.34. The first-order valence-electron chi connectivity index (χ1n) is 10.9. The van der Waals surface area contributed by atoms with Gasteiger partial charge in [-0.25, -0.2) is 9.78 Å². The molecule has 2 aliphatic heterocycles. The van der Waals surface area contributed by atoms with Crippen LogP contribution in [0.25, 0.3) is 0 Å². The molecule has 1 unspecified atom stereocenters. The number of hydrogen-bond donors (Lipinski definition) is 2. The lowest BCUT2D eigenvalue weighted by Gasteiger charge is -2.18. The number of amides is 2. The van der Waals surface area contributed by atoms with E-state index in [0.717, 1.165) is 11.1 Å². The predicted molar refractivity (Wildman–Crippen MR) is 123 cm³/mol. The zero-order valence-electron chi connectivity index (χ0n) is 19.0. The Hall–Kier alpha value is -2.84. The first-order valence-corrected chi connectivity index (χ1v) is 11.3. The molecule has 3 heterocycles. The molecular formula is C24H28ClN3O5. The Morgan fingerprint density at radius 3 is 2.88 bits per heavy atom. The summed E-state index contributed by atoms with van der Waals surface area (Å²) in [5.41, 5.74) is 2.44. The van der Waals surface area contributed by atoms with Crippen molar-refractivity contribution in [1.82, 2.24) is 15.2 Å². The van der Waals surface area contributed by atoms with Gasteiger partial charge in [0.05, 0.1) is 32.1 Å². The number of urea groups is 1. The van der Waals surface area contributed by atoms with Crippen LogP contribution in [-0.4, -0.2) is 53.6 Å². The minimum atomic E-state index is -0.928. The smallest absolute Gasteiger partial charge is 0.317 e. The predicted octanol–water partition coefficient (Wildman–Crippen LogP) is 3.64. The summed E-state index contributed by atoms with van der Waals surface area (Å²) in [4.78, 5) is 30.6. The van der Waals surface area contributed by atoms with Crippen molar-refractivity contribution in [3.63, 3.8) is 0 Å². The maximum absolute atomic E-state index is 12.8. The molecule has 0 aliphatic carbocycles. The molecule has 8 nitrogen and oxygen atoms in total. The summed E-state index contributed by atoms with van der Waals surface area (Å²) in [5.74, 6) is 0.997. The van der Waals surface area contributed by atoms with Crippen molar-refractivity contribution in [2.75, 3.05) is 26.8 Å². The highest BCUT2D eigenvalue weighted by Gasteiger charge is 2.35. The number of aromatic nitrogens is 1. The van der Waals surface area contributed by atoms with E-state index in [2.05, 4.69) is 10.3 Å². The van der Waals surface area contributed by atoms with Crippen LogP contribution >= 0.6 is 11.6 Å². The monoisotopic (exact) mass is 473 g/mol. The van der Waals surface area contributed by atoms with Gasteiger partial charge in [0.25, 0.3) is 0 Å². The quantitative estimate of drug-likeness (QED) is 0.448. The van der Waals surface area contributed by atoms with E-state index in [0.29, 0.717) is 49.0 Å². The molecule has 2 aromatic rings. The highest BCUT2D eigenvalue weighted by molar-refractivity contribution is 6.31. The second-order valence-electron chi connectivity index (χ2n) is 9.04. The lowest BCUT2D eigenvalue weighted by molar-refractivity contribution is 0.0937. The van der Waals surface area contributed by atoms with Gasteiger partial charge in [-0.15, -0.1) is 0 Å². The molecule has 4 rings (SSSR count). The number of ketones is 1. The summed E-state index contributed by atoms with van der Waals surface area (Å²) >= 11 is 6.27. The van der Waals surface area contributed by atoms with Gasteiger partial charge in [-0.3, -0.25) is 4.79 Å². The number of methoxy groups -OCH3 is 1. The zero-order valence-corrected chi connectivity index (χ0v) is 19.7. The molecule has 1 aromatic heterocycles. The zero-order chi connectivity index (χ0) is 23.8. The molecule has 1 atom stereocenters. The number of Topliss-reactive ketones (excluding diaryl/α,β-unsaturated/α-hetero) is 1. The fourth-order valence-electron chi connectivity index (χ4n) is 4.14. The van der Waals surface area contributed by atoms with Gasteiger partial charge in [-0.2, -0.15) is 0 Å². The number of halogens is 1. The summed E-state index contributed by atoms with van der Waals surface area (Å²) in [6, 6.07) is 6.92. The van der Waals surface area contributed by atoms with Gasteiger partial charge < -0.3 is 24.8 Å². The summed E-state index contributed by atoms with van der Waals surface area (Å²) < 4.78 is 11.1. The van der Waals surface area contributed by atoms with Crippen LogP contribution in [0.3, 0.4) is 0 Å². The number of aliphatic hydroxyl groups excluding tert-OH is 1. The second-order valence-corrected chi connectivity index (χ2v) is 9.40. The number of carbonyl (C=O) groups excluding carboxylic acids is 2. The summed E-state index contributed by atoms with van der Waals surface area (Å²) in [5, 5.41) is 13.7. The van der Waals surface area contributed by atoms with E-state index in [4.69, 9.17) is 21.1 Å². The number of hydrogen-bond acceptors (Lipinski definition) is 6. The van der Waals surface area contributed by atoms with E-state index >= 15 is 0 Å². The average molecular weight is 474 g/mol. The Balaban J connectivity index is 1.42. The van der Waals surface area contributed by atoms with Gasteiger partial charge in [-0.1, -0.05) is 37.6 Å². The number of ether oxygens (including phenoxy) is 2. The number of aliphatic hydroxyl groups is 1. The maximum atomic E-state index is 12.8. The molecule has 2 N–H and O–H groups in total. The van der Waals surface area contributed by atoms with Crippen molar-refractivity contribution in [3.05, 3.63) is 51.8 Å². The van der Waals surface area contributed by atoms with Crippen LogP contribution in [0.4, 0.5) is 4.79 Å². The highest BCUT2D eigenvalue weighted by atomic mass is 35.5. The molecule has 33 heavy (non-hydrogen) atoms. The Morgan fingerprint density at radius 2 is 2.18 bits per heavy atom. The van der Waals surface area contributed by atoms with Gasteiger partial charge in [0.15, 0.2) is 16.7 Å². The highest BCUT2D eigenvalue weighted by Crippen LogP contribution is 2.43. The van der Waals surface area contributed by atoms with Crippen molar-refractivity contribution in [1.29, 1.82) is 0 Å². The SMILES string of the molecule is COc1cc(C(=O)CCC(O)c2cc3c(c(Cl)n2)OCC3(C)C)ccc1CN1CCNC1=O. The molecule has 0 saturated carbocycles. The summed E-state index contributed by atoms with van der Waals surface area (Å²) in [7, 11) is 1.54. The Kier molecular flexibility index (Phi) is 6.50. The van der Waals surface area contributed by atoms with Crippen LogP contribution < -0.4 is 14.8 Å². The van der Waals surface area contributed by atoms with Crippen molar-refractivity contribution < 1.29 is 24.2 Å². The summed E-state index contributed by atoms with van der Waals surface area (Å²) in [6.45, 7) is 6.25. The Labute approximate surface area is 197 Å². The number of nitrogens with one attached hydrogen (secondary N) is 1. The molecule has 9 heteroatoms. The molecule has 0 bridgehead atoms. The van der Waals surface area contributed by atoms with E-state index in [9.17, 15) is 14.7 Å². The van der Waals surface area contributed by atoms with Gasteiger partial charge in [-0.05, 0) is 18.6 Å². The lowest BCUT2D eigenvalue weighted by Crippen LogP contribution is -2.27. The largest absolute Gasteiger partial charge is 0.496 e. The van der Waals surface area contributed by atoms with Crippen molar-refractivity contribution in [2.45, 2.75) is 44.8 Å². The first-order chi connectivity index (χ1) is 15.7.